The number of hydrogen-bond donors (Lipinski definition) is 4. The van der Waals surface area contributed by atoms with E-state index in [2.05, 4.69) is 35.3 Å². The van der Waals surface area contributed by atoms with Crippen LogP contribution in [0, 0.1) is 25.7 Å². The fourth-order valence-electron chi connectivity index (χ4n) is 3.31. The molecule has 1 aromatic rings. The Morgan fingerprint density at radius 3 is 2.56 bits per heavy atom. The Morgan fingerprint density at radius 2 is 1.85 bits per heavy atom. The van der Waals surface area contributed by atoms with Gasteiger partial charge < -0.3 is 10.6 Å². The Hall–Kier alpha value is -2.15. The van der Waals surface area contributed by atoms with Crippen LogP contribution in [0.4, 0.5) is 0 Å². The molecule has 2 amide bonds. The van der Waals surface area contributed by atoms with Crippen LogP contribution in [-0.2, 0) is 4.79 Å². The number of nitrogens with one attached hydrogen (secondary N) is 4. The number of aryl methyl sites for hydroxylation is 2. The maximum Gasteiger partial charge on any atom is 0.257 e. The second-order valence-electron chi connectivity index (χ2n) is 7.50. The summed E-state index contributed by atoms with van der Waals surface area (Å²) in [6, 6.07) is 5.77. The fourth-order valence-corrected chi connectivity index (χ4v) is 3.51. The molecule has 0 aliphatic heterocycles. The lowest BCUT2D eigenvalue weighted by Gasteiger charge is -2.35. The van der Waals surface area contributed by atoms with Gasteiger partial charge in [-0.3, -0.25) is 20.4 Å². The molecule has 7 heteroatoms. The molecule has 1 aliphatic rings. The minimum absolute atomic E-state index is 0.127. The smallest absolute Gasteiger partial charge is 0.257 e. The molecule has 1 fully saturated rings. The lowest BCUT2D eigenvalue weighted by atomic mass is 9.78. The average Bonchev–Trinajstić information content (AvgIpc) is 2.64. The van der Waals surface area contributed by atoms with Crippen LogP contribution in [0.3, 0.4) is 0 Å². The van der Waals surface area contributed by atoms with Crippen molar-refractivity contribution in [3.63, 3.8) is 0 Å². The number of carbonyl (C=O) groups excluding carboxylic acids is 2. The predicted molar refractivity (Wildman–Crippen MR) is 111 cm³/mol. The number of amides is 2. The molecule has 1 saturated carbocycles. The summed E-state index contributed by atoms with van der Waals surface area (Å²) >= 11 is 5.26. The van der Waals surface area contributed by atoms with Crippen LogP contribution in [-0.4, -0.2) is 29.5 Å². The van der Waals surface area contributed by atoms with Crippen molar-refractivity contribution >= 4 is 29.1 Å². The molecular formula is C20H30N4O2S. The second kappa shape index (κ2) is 9.69. The first-order valence-electron chi connectivity index (χ1n) is 9.48. The van der Waals surface area contributed by atoms with E-state index in [4.69, 9.17) is 12.2 Å². The van der Waals surface area contributed by atoms with Crippen LogP contribution in [0.2, 0.25) is 0 Å². The molecule has 0 saturated heterocycles. The molecule has 1 aliphatic carbocycles. The van der Waals surface area contributed by atoms with Crippen molar-refractivity contribution in [3.8, 4) is 0 Å². The molecule has 0 spiro atoms. The van der Waals surface area contributed by atoms with Crippen LogP contribution in [0.25, 0.3) is 0 Å². The van der Waals surface area contributed by atoms with Gasteiger partial charge in [-0.15, -0.1) is 0 Å². The van der Waals surface area contributed by atoms with Gasteiger partial charge in [0.05, 0.1) is 6.54 Å². The molecule has 148 valence electrons. The number of hydrazine groups is 1. The summed E-state index contributed by atoms with van der Waals surface area (Å²) in [4.78, 5) is 24.1. The summed E-state index contributed by atoms with van der Waals surface area (Å²) < 4.78 is 0. The van der Waals surface area contributed by atoms with Gasteiger partial charge in [0.2, 0.25) is 0 Å². The van der Waals surface area contributed by atoms with E-state index >= 15 is 0 Å². The maximum atomic E-state index is 12.1. The number of thiocarbonyl (C=S) groups is 1. The van der Waals surface area contributed by atoms with Crippen molar-refractivity contribution in [3.05, 3.63) is 34.9 Å². The first kappa shape index (κ1) is 21.2. The SMILES string of the molecule is Cc1ccc(C(=O)NCC(=O)NNC(=S)N[C@H]2CCC[C@H](C)[C@@H]2C)cc1C. The number of hydrogen-bond acceptors (Lipinski definition) is 3. The van der Waals surface area contributed by atoms with Crippen molar-refractivity contribution in [1.82, 2.24) is 21.5 Å². The third-order valence-electron chi connectivity index (χ3n) is 5.52. The quantitative estimate of drug-likeness (QED) is 0.469. The van der Waals surface area contributed by atoms with Gasteiger partial charge >= 0.3 is 0 Å². The van der Waals surface area contributed by atoms with Gasteiger partial charge in [0.25, 0.3) is 11.8 Å². The summed E-state index contributed by atoms with van der Waals surface area (Å²) in [5, 5.41) is 6.28. The number of rotatable bonds is 4. The van der Waals surface area contributed by atoms with Crippen molar-refractivity contribution in [2.45, 2.75) is 53.0 Å². The molecule has 0 heterocycles. The molecule has 0 bridgehead atoms. The Morgan fingerprint density at radius 1 is 1.11 bits per heavy atom. The Kier molecular flexibility index (Phi) is 7.59. The molecule has 2 rings (SSSR count). The standard InChI is InChI=1S/C20H30N4O2S/c1-12-8-9-16(10-14(12)3)19(26)21-11-18(25)23-24-20(27)22-17-7-5-6-13(2)15(17)4/h8-10,13,15,17H,5-7,11H2,1-4H3,(H,21,26)(H,23,25)(H2,22,24,27)/t13-,15-,17-/m0/s1. The summed E-state index contributed by atoms with van der Waals surface area (Å²) in [5.74, 6) is 0.557. The number of benzene rings is 1. The van der Waals surface area contributed by atoms with E-state index in [1.54, 1.807) is 6.07 Å². The molecule has 3 atom stereocenters. The summed E-state index contributed by atoms with van der Waals surface area (Å²) in [6.45, 7) is 8.30. The van der Waals surface area contributed by atoms with Crippen LogP contribution in [0.15, 0.2) is 18.2 Å². The van der Waals surface area contributed by atoms with E-state index in [1.165, 1.54) is 12.8 Å². The summed E-state index contributed by atoms with van der Waals surface area (Å²) in [6.07, 6.45) is 3.51. The predicted octanol–water partition coefficient (Wildman–Crippen LogP) is 2.35. The first-order chi connectivity index (χ1) is 12.8. The molecule has 27 heavy (non-hydrogen) atoms. The van der Waals surface area contributed by atoms with Gasteiger partial charge in [-0.05, 0) is 67.6 Å². The highest BCUT2D eigenvalue weighted by Crippen LogP contribution is 2.29. The zero-order chi connectivity index (χ0) is 20.0. The first-order valence-corrected chi connectivity index (χ1v) is 9.89. The van der Waals surface area contributed by atoms with Gasteiger partial charge in [-0.25, -0.2) is 0 Å². The lowest BCUT2D eigenvalue weighted by Crippen LogP contribution is -2.53. The van der Waals surface area contributed by atoms with E-state index in [-0.39, 0.29) is 18.4 Å². The Labute approximate surface area is 166 Å². The van der Waals surface area contributed by atoms with Gasteiger partial charge in [0.1, 0.15) is 0 Å². The highest BCUT2D eigenvalue weighted by Gasteiger charge is 2.27. The zero-order valence-corrected chi connectivity index (χ0v) is 17.3. The van der Waals surface area contributed by atoms with Gasteiger partial charge in [0.15, 0.2) is 5.11 Å². The fraction of sp³-hybridized carbons (Fsp3) is 0.550. The van der Waals surface area contributed by atoms with Crippen molar-refractivity contribution < 1.29 is 9.59 Å². The van der Waals surface area contributed by atoms with E-state index in [0.29, 0.717) is 28.6 Å². The van der Waals surface area contributed by atoms with E-state index in [1.807, 2.05) is 26.0 Å². The van der Waals surface area contributed by atoms with E-state index in [0.717, 1.165) is 17.5 Å². The second-order valence-corrected chi connectivity index (χ2v) is 7.91. The van der Waals surface area contributed by atoms with Crippen LogP contribution in [0.1, 0.15) is 54.6 Å². The van der Waals surface area contributed by atoms with E-state index in [9.17, 15) is 9.59 Å². The highest BCUT2D eigenvalue weighted by atomic mass is 32.1. The van der Waals surface area contributed by atoms with Crippen LogP contribution in [0.5, 0.6) is 0 Å². The minimum atomic E-state index is -0.360. The van der Waals surface area contributed by atoms with Crippen LogP contribution < -0.4 is 21.5 Å². The summed E-state index contributed by atoms with van der Waals surface area (Å²) in [7, 11) is 0. The van der Waals surface area contributed by atoms with Gasteiger partial charge in [-0.2, -0.15) is 0 Å². The molecular weight excluding hydrogens is 360 g/mol. The van der Waals surface area contributed by atoms with Crippen molar-refractivity contribution in [1.29, 1.82) is 0 Å². The normalized spacial score (nSPS) is 21.9. The molecule has 0 unspecified atom stereocenters. The van der Waals surface area contributed by atoms with Crippen molar-refractivity contribution in [2.24, 2.45) is 11.8 Å². The third kappa shape index (κ3) is 6.20. The lowest BCUT2D eigenvalue weighted by molar-refractivity contribution is -0.120. The zero-order valence-electron chi connectivity index (χ0n) is 16.5. The molecule has 4 N–H and O–H groups in total. The van der Waals surface area contributed by atoms with Gasteiger partial charge in [0, 0.05) is 11.6 Å². The van der Waals surface area contributed by atoms with Crippen molar-refractivity contribution in [2.75, 3.05) is 6.54 Å². The Bertz CT molecular complexity index is 707. The monoisotopic (exact) mass is 390 g/mol. The molecule has 0 radical (unpaired) electrons. The average molecular weight is 391 g/mol. The molecule has 1 aromatic carbocycles. The van der Waals surface area contributed by atoms with Crippen LogP contribution >= 0.6 is 12.2 Å². The topological polar surface area (TPSA) is 82.3 Å². The maximum absolute atomic E-state index is 12.1. The third-order valence-corrected chi connectivity index (χ3v) is 5.74. The largest absolute Gasteiger partial charge is 0.358 e. The Balaban J connectivity index is 1.71. The highest BCUT2D eigenvalue weighted by molar-refractivity contribution is 7.80. The molecule has 6 nitrogen and oxygen atoms in total. The number of carbonyl (C=O) groups is 2. The van der Waals surface area contributed by atoms with E-state index < -0.39 is 0 Å². The minimum Gasteiger partial charge on any atom is -0.358 e. The summed E-state index contributed by atoms with van der Waals surface area (Å²) in [5.41, 5.74) is 7.93. The molecule has 0 aromatic heterocycles. The van der Waals surface area contributed by atoms with Gasteiger partial charge in [-0.1, -0.05) is 32.8 Å².